The van der Waals surface area contributed by atoms with E-state index in [4.69, 9.17) is 4.74 Å². The van der Waals surface area contributed by atoms with E-state index in [2.05, 4.69) is 5.43 Å². The lowest BCUT2D eigenvalue weighted by Crippen LogP contribution is -2.24. The van der Waals surface area contributed by atoms with Crippen LogP contribution in [0.3, 0.4) is 0 Å². The Hall–Kier alpha value is -2.56. The smallest absolute Gasteiger partial charge is 0.356 e. The number of esters is 1. The van der Waals surface area contributed by atoms with Gasteiger partial charge in [-0.15, -0.1) is 0 Å². The number of fused-ring (bicyclic) bond motifs is 1. The third-order valence-electron chi connectivity index (χ3n) is 3.90. The molecular weight excluding hydrogens is 292 g/mol. The minimum atomic E-state index is -0.382. The van der Waals surface area contributed by atoms with E-state index in [1.165, 1.54) is 0 Å². The summed E-state index contributed by atoms with van der Waals surface area (Å²) in [5.74, 6) is 0.0234. The molecule has 1 heterocycles. The van der Waals surface area contributed by atoms with Gasteiger partial charge in [0.1, 0.15) is 5.69 Å². The lowest BCUT2D eigenvalue weighted by Gasteiger charge is -2.21. The van der Waals surface area contributed by atoms with Crippen LogP contribution in [0.5, 0.6) is 0 Å². The molecule has 5 nitrogen and oxygen atoms in total. The molecule has 1 aromatic heterocycles. The lowest BCUT2D eigenvalue weighted by molar-refractivity contribution is -0.115. The summed E-state index contributed by atoms with van der Waals surface area (Å²) in [6, 6.07) is 9.51. The van der Waals surface area contributed by atoms with Gasteiger partial charge < -0.3 is 4.74 Å². The summed E-state index contributed by atoms with van der Waals surface area (Å²) in [6.45, 7) is 4.15. The summed E-state index contributed by atoms with van der Waals surface area (Å²) < 4.78 is 6.86. The van der Waals surface area contributed by atoms with Crippen LogP contribution in [0.1, 0.15) is 37.2 Å². The van der Waals surface area contributed by atoms with Crippen LogP contribution in [-0.2, 0) is 9.53 Å². The Morgan fingerprint density at radius 2 is 2.13 bits per heavy atom. The molecule has 1 aromatic carbocycles. The highest BCUT2D eigenvalue weighted by atomic mass is 16.5. The van der Waals surface area contributed by atoms with Gasteiger partial charge in [-0.05, 0) is 31.4 Å². The molecule has 23 heavy (non-hydrogen) atoms. The zero-order valence-electron chi connectivity index (χ0n) is 13.3. The monoisotopic (exact) mass is 312 g/mol. The first-order chi connectivity index (χ1) is 11.1. The molecule has 1 unspecified atom stereocenters. The van der Waals surface area contributed by atoms with E-state index in [-0.39, 0.29) is 11.8 Å². The van der Waals surface area contributed by atoms with Gasteiger partial charge in [-0.3, -0.25) is 10.2 Å². The van der Waals surface area contributed by atoms with Crippen LogP contribution in [0.4, 0.5) is 0 Å². The second kappa shape index (κ2) is 6.28. The number of nitrogens with one attached hydrogen (secondary N) is 1. The Labute approximate surface area is 134 Å². The summed E-state index contributed by atoms with van der Waals surface area (Å²) in [5, 5.41) is 0.943. The van der Waals surface area contributed by atoms with E-state index in [0.29, 0.717) is 24.6 Å². The zero-order valence-corrected chi connectivity index (χ0v) is 13.3. The zero-order chi connectivity index (χ0) is 16.4. The van der Waals surface area contributed by atoms with Crippen molar-refractivity contribution in [3.63, 3.8) is 0 Å². The van der Waals surface area contributed by atoms with Gasteiger partial charge in [-0.1, -0.05) is 25.1 Å². The Morgan fingerprint density at radius 1 is 1.35 bits per heavy atom. The molecule has 1 atom stereocenters. The summed E-state index contributed by atoms with van der Waals surface area (Å²) in [4.78, 5) is 24.0. The maximum atomic E-state index is 12.2. The first-order valence-corrected chi connectivity index (χ1v) is 7.86. The van der Waals surface area contributed by atoms with Crippen molar-refractivity contribution < 1.29 is 14.3 Å². The molecular formula is C18H20N2O3. The van der Waals surface area contributed by atoms with Gasteiger partial charge in [0, 0.05) is 23.6 Å². The number of allylic oxidation sites excluding steroid dienone is 2. The third kappa shape index (κ3) is 3.13. The van der Waals surface area contributed by atoms with Crippen LogP contribution >= 0.6 is 0 Å². The fraction of sp³-hybridized carbons (Fsp3) is 0.333. The summed E-state index contributed by atoms with van der Waals surface area (Å²) in [6.07, 6.45) is 2.98. The maximum absolute atomic E-state index is 12.2. The Kier molecular flexibility index (Phi) is 4.19. The number of rotatable bonds is 4. The fourth-order valence-electron chi connectivity index (χ4n) is 2.96. The average molecular weight is 312 g/mol. The number of hydrogen-bond donors (Lipinski definition) is 1. The third-order valence-corrected chi connectivity index (χ3v) is 3.90. The van der Waals surface area contributed by atoms with Crippen molar-refractivity contribution in [2.45, 2.75) is 26.7 Å². The van der Waals surface area contributed by atoms with Crippen molar-refractivity contribution in [1.82, 2.24) is 4.68 Å². The second-order valence-electron chi connectivity index (χ2n) is 5.91. The molecule has 0 saturated heterocycles. The molecule has 1 N–H and O–H groups in total. The molecule has 0 amide bonds. The number of aromatic nitrogens is 1. The highest BCUT2D eigenvalue weighted by Crippen LogP contribution is 2.24. The first kappa shape index (κ1) is 15.3. The van der Waals surface area contributed by atoms with Gasteiger partial charge in [-0.2, -0.15) is 0 Å². The highest BCUT2D eigenvalue weighted by Gasteiger charge is 2.21. The fourth-order valence-corrected chi connectivity index (χ4v) is 2.96. The summed E-state index contributed by atoms with van der Waals surface area (Å²) in [7, 11) is 0. The molecule has 1 aliphatic rings. The minimum Gasteiger partial charge on any atom is -0.461 e. The molecule has 3 rings (SSSR count). The van der Waals surface area contributed by atoms with Crippen molar-refractivity contribution in [3.8, 4) is 0 Å². The van der Waals surface area contributed by atoms with Crippen LogP contribution in [-0.4, -0.2) is 23.0 Å². The van der Waals surface area contributed by atoms with Crippen molar-refractivity contribution in [3.05, 3.63) is 47.8 Å². The SMILES string of the molecule is CCOC(=O)c1cc2ccccc2n1NC1=CC(=O)CC(C)C1. The van der Waals surface area contributed by atoms with E-state index in [0.717, 1.165) is 23.0 Å². The van der Waals surface area contributed by atoms with Crippen LogP contribution < -0.4 is 5.43 Å². The van der Waals surface area contributed by atoms with Crippen LogP contribution in [0.25, 0.3) is 10.9 Å². The summed E-state index contributed by atoms with van der Waals surface area (Å²) >= 11 is 0. The van der Waals surface area contributed by atoms with Crippen molar-refractivity contribution in [2.75, 3.05) is 12.0 Å². The van der Waals surface area contributed by atoms with Crippen LogP contribution in [0.15, 0.2) is 42.1 Å². The molecule has 0 radical (unpaired) electrons. The van der Waals surface area contributed by atoms with Gasteiger partial charge in [-0.25, -0.2) is 9.47 Å². The highest BCUT2D eigenvalue weighted by molar-refractivity contribution is 5.96. The molecule has 0 fully saturated rings. The van der Waals surface area contributed by atoms with Gasteiger partial charge in [0.25, 0.3) is 0 Å². The molecule has 0 saturated carbocycles. The quantitative estimate of drug-likeness (QED) is 0.880. The van der Waals surface area contributed by atoms with E-state index < -0.39 is 0 Å². The number of ketones is 1. The van der Waals surface area contributed by atoms with Gasteiger partial charge >= 0.3 is 5.97 Å². The molecule has 0 spiro atoms. The number of para-hydroxylation sites is 1. The van der Waals surface area contributed by atoms with E-state index in [1.54, 1.807) is 23.7 Å². The Morgan fingerprint density at radius 3 is 2.87 bits per heavy atom. The molecule has 2 aromatic rings. The van der Waals surface area contributed by atoms with Gasteiger partial charge in [0.05, 0.1) is 12.1 Å². The van der Waals surface area contributed by atoms with E-state index >= 15 is 0 Å². The molecule has 1 aliphatic carbocycles. The normalized spacial score (nSPS) is 17.9. The van der Waals surface area contributed by atoms with Crippen molar-refractivity contribution in [1.29, 1.82) is 0 Å². The number of carbonyl (C=O) groups is 2. The number of ether oxygens (including phenoxy) is 1. The van der Waals surface area contributed by atoms with Gasteiger partial charge in [0.15, 0.2) is 5.78 Å². The molecule has 0 aliphatic heterocycles. The molecule has 120 valence electrons. The lowest BCUT2D eigenvalue weighted by atomic mass is 9.93. The number of hydrogen-bond acceptors (Lipinski definition) is 4. The Balaban J connectivity index is 2.02. The number of carbonyl (C=O) groups excluding carboxylic acids is 2. The predicted octanol–water partition coefficient (Wildman–Crippen LogP) is 3.24. The molecule has 5 heteroatoms. The maximum Gasteiger partial charge on any atom is 0.356 e. The number of nitrogens with zero attached hydrogens (tertiary/aromatic N) is 1. The second-order valence-corrected chi connectivity index (χ2v) is 5.91. The predicted molar refractivity (Wildman–Crippen MR) is 88.7 cm³/mol. The van der Waals surface area contributed by atoms with Crippen LogP contribution in [0.2, 0.25) is 0 Å². The van der Waals surface area contributed by atoms with Crippen LogP contribution in [0, 0.1) is 5.92 Å². The average Bonchev–Trinajstić information content (AvgIpc) is 2.85. The van der Waals surface area contributed by atoms with E-state index in [9.17, 15) is 9.59 Å². The standard InChI is InChI=1S/C18H20N2O3/c1-3-23-18(22)17-10-13-6-4-5-7-16(13)20(17)19-14-8-12(2)9-15(21)11-14/h4-7,10-12,19H,3,8-9H2,1-2H3. The Bertz CT molecular complexity index is 789. The van der Waals surface area contributed by atoms with Gasteiger partial charge in [0.2, 0.25) is 0 Å². The first-order valence-electron chi connectivity index (χ1n) is 7.86. The largest absolute Gasteiger partial charge is 0.461 e. The topological polar surface area (TPSA) is 60.3 Å². The molecule has 0 bridgehead atoms. The van der Waals surface area contributed by atoms with Crippen molar-refractivity contribution >= 4 is 22.7 Å². The van der Waals surface area contributed by atoms with E-state index in [1.807, 2.05) is 31.2 Å². The minimum absolute atomic E-state index is 0.111. The number of benzene rings is 1. The summed E-state index contributed by atoms with van der Waals surface area (Å²) in [5.41, 5.74) is 5.36. The van der Waals surface area contributed by atoms with Crippen molar-refractivity contribution in [2.24, 2.45) is 5.92 Å².